The summed E-state index contributed by atoms with van der Waals surface area (Å²) >= 11 is 0. The normalized spacial score (nSPS) is 15.7. The molecule has 0 radical (unpaired) electrons. The summed E-state index contributed by atoms with van der Waals surface area (Å²) in [5, 5.41) is 0. The van der Waals surface area contributed by atoms with E-state index >= 15 is 0 Å². The summed E-state index contributed by atoms with van der Waals surface area (Å²) < 4.78 is 20.6. The van der Waals surface area contributed by atoms with Crippen LogP contribution in [-0.4, -0.2) is 38.4 Å². The average Bonchev–Trinajstić information content (AvgIpc) is 2.92. The van der Waals surface area contributed by atoms with Gasteiger partial charge in [0.2, 0.25) is 5.88 Å². The fourth-order valence-corrected chi connectivity index (χ4v) is 1.69. The van der Waals surface area contributed by atoms with Crippen molar-refractivity contribution in [3.05, 3.63) is 23.4 Å². The van der Waals surface area contributed by atoms with Crippen molar-refractivity contribution in [2.45, 2.75) is 12.7 Å². The third kappa shape index (κ3) is 2.77. The number of methoxy groups -OCH3 is 2. The Morgan fingerprint density at radius 3 is 2.72 bits per heavy atom. The first kappa shape index (κ1) is 12.8. The lowest BCUT2D eigenvalue weighted by molar-refractivity contribution is -0.139. The van der Waals surface area contributed by atoms with E-state index in [9.17, 15) is 4.79 Å². The van der Waals surface area contributed by atoms with E-state index < -0.39 is 6.29 Å². The van der Waals surface area contributed by atoms with Crippen LogP contribution in [0.1, 0.15) is 17.5 Å². The number of nitrogens with zero attached hydrogens (tertiary/aromatic N) is 1. The Balaban J connectivity index is 2.19. The zero-order chi connectivity index (χ0) is 13.0. The second kappa shape index (κ2) is 5.79. The number of rotatable bonds is 4. The monoisotopic (exact) mass is 253 g/mol. The maximum Gasteiger partial charge on any atom is 0.311 e. The summed E-state index contributed by atoms with van der Waals surface area (Å²) in [4.78, 5) is 15.4. The quantitative estimate of drug-likeness (QED) is 0.741. The van der Waals surface area contributed by atoms with E-state index in [0.29, 0.717) is 24.8 Å². The highest BCUT2D eigenvalue weighted by atomic mass is 16.7. The largest absolute Gasteiger partial charge is 0.481 e. The summed E-state index contributed by atoms with van der Waals surface area (Å²) in [6.45, 7) is 1.11. The van der Waals surface area contributed by atoms with Crippen LogP contribution in [0.3, 0.4) is 0 Å². The lowest BCUT2D eigenvalue weighted by Crippen LogP contribution is -2.09. The first-order chi connectivity index (χ1) is 8.74. The Bertz CT molecular complexity index is 428. The summed E-state index contributed by atoms with van der Waals surface area (Å²) in [7, 11) is 2.86. The Kier molecular flexibility index (Phi) is 4.11. The molecule has 0 atom stereocenters. The third-order valence-electron chi connectivity index (χ3n) is 2.57. The van der Waals surface area contributed by atoms with E-state index in [0.717, 1.165) is 5.56 Å². The van der Waals surface area contributed by atoms with Gasteiger partial charge in [0.15, 0.2) is 6.29 Å². The van der Waals surface area contributed by atoms with Gasteiger partial charge in [-0.25, -0.2) is 4.98 Å². The third-order valence-corrected chi connectivity index (χ3v) is 2.57. The maximum atomic E-state index is 11.2. The summed E-state index contributed by atoms with van der Waals surface area (Å²) in [6, 6.07) is 3.53. The predicted molar refractivity (Wildman–Crippen MR) is 61.2 cm³/mol. The number of esters is 1. The van der Waals surface area contributed by atoms with Gasteiger partial charge in [0, 0.05) is 0 Å². The SMILES string of the molecule is COC(=O)Cc1ccc(C2OCCO2)c(OC)n1. The topological polar surface area (TPSA) is 66.9 Å². The number of pyridine rings is 1. The highest BCUT2D eigenvalue weighted by Gasteiger charge is 2.23. The highest BCUT2D eigenvalue weighted by molar-refractivity contribution is 5.71. The molecular weight excluding hydrogens is 238 g/mol. The van der Waals surface area contributed by atoms with Crippen molar-refractivity contribution in [1.82, 2.24) is 4.98 Å². The molecule has 0 spiro atoms. The fraction of sp³-hybridized carbons (Fsp3) is 0.500. The molecule has 0 aliphatic carbocycles. The zero-order valence-corrected chi connectivity index (χ0v) is 10.3. The van der Waals surface area contributed by atoms with Gasteiger partial charge >= 0.3 is 5.97 Å². The fourth-order valence-electron chi connectivity index (χ4n) is 1.69. The standard InChI is InChI=1S/C12H15NO5/c1-15-10(14)7-8-3-4-9(11(13-8)16-2)12-17-5-6-18-12/h3-4,12H,5-7H2,1-2H3. The number of ether oxygens (including phenoxy) is 4. The Hall–Kier alpha value is -1.66. The lowest BCUT2D eigenvalue weighted by Gasteiger charge is -2.13. The van der Waals surface area contributed by atoms with Crippen LogP contribution in [0.5, 0.6) is 5.88 Å². The van der Waals surface area contributed by atoms with Gasteiger partial charge in [-0.15, -0.1) is 0 Å². The minimum absolute atomic E-state index is 0.111. The van der Waals surface area contributed by atoms with Crippen molar-refractivity contribution in [2.24, 2.45) is 0 Å². The van der Waals surface area contributed by atoms with Gasteiger partial charge in [0.05, 0.1) is 45.1 Å². The summed E-state index contributed by atoms with van der Waals surface area (Å²) in [5.41, 5.74) is 1.31. The zero-order valence-electron chi connectivity index (χ0n) is 10.3. The van der Waals surface area contributed by atoms with Crippen molar-refractivity contribution in [3.8, 4) is 5.88 Å². The molecule has 1 aliphatic heterocycles. The molecule has 1 aliphatic rings. The van der Waals surface area contributed by atoms with E-state index in [1.807, 2.05) is 0 Å². The van der Waals surface area contributed by atoms with Gasteiger partial charge in [-0.3, -0.25) is 4.79 Å². The second-order valence-corrected chi connectivity index (χ2v) is 3.73. The number of aromatic nitrogens is 1. The Labute approximate surface area is 105 Å². The summed E-state index contributed by atoms with van der Waals surface area (Å²) in [6.07, 6.45) is -0.334. The molecule has 0 unspecified atom stereocenters. The van der Waals surface area contributed by atoms with Crippen LogP contribution in [0.25, 0.3) is 0 Å². The molecule has 18 heavy (non-hydrogen) atoms. The number of carbonyl (C=O) groups excluding carboxylic acids is 1. The van der Waals surface area contributed by atoms with Gasteiger partial charge in [0.1, 0.15) is 0 Å². The molecule has 6 heteroatoms. The van der Waals surface area contributed by atoms with Gasteiger partial charge in [-0.2, -0.15) is 0 Å². The maximum absolute atomic E-state index is 11.2. The first-order valence-corrected chi connectivity index (χ1v) is 5.58. The van der Waals surface area contributed by atoms with Gasteiger partial charge in [-0.05, 0) is 12.1 Å². The van der Waals surface area contributed by atoms with Gasteiger partial charge < -0.3 is 18.9 Å². The molecule has 0 aromatic carbocycles. The van der Waals surface area contributed by atoms with Crippen LogP contribution in [0, 0.1) is 0 Å². The van der Waals surface area contributed by atoms with Crippen LogP contribution >= 0.6 is 0 Å². The minimum atomic E-state index is -0.445. The Morgan fingerprint density at radius 1 is 1.39 bits per heavy atom. The van der Waals surface area contributed by atoms with E-state index in [-0.39, 0.29) is 12.4 Å². The molecule has 1 aromatic rings. The number of hydrogen-bond acceptors (Lipinski definition) is 6. The summed E-state index contributed by atoms with van der Waals surface area (Å²) in [5.74, 6) is 0.0639. The molecule has 98 valence electrons. The smallest absolute Gasteiger partial charge is 0.311 e. The molecule has 0 saturated carbocycles. The Morgan fingerprint density at radius 2 is 2.11 bits per heavy atom. The van der Waals surface area contributed by atoms with E-state index in [1.165, 1.54) is 14.2 Å². The van der Waals surface area contributed by atoms with Crippen LogP contribution in [0.15, 0.2) is 12.1 Å². The van der Waals surface area contributed by atoms with Crippen molar-refractivity contribution >= 4 is 5.97 Å². The highest BCUT2D eigenvalue weighted by Crippen LogP contribution is 2.29. The molecule has 2 heterocycles. The molecule has 6 nitrogen and oxygen atoms in total. The molecule has 0 amide bonds. The van der Waals surface area contributed by atoms with Crippen molar-refractivity contribution in [2.75, 3.05) is 27.4 Å². The molecule has 0 N–H and O–H groups in total. The van der Waals surface area contributed by atoms with Crippen molar-refractivity contribution < 1.29 is 23.7 Å². The predicted octanol–water partition coefficient (Wildman–Crippen LogP) is 0.851. The number of hydrogen-bond donors (Lipinski definition) is 0. The lowest BCUT2D eigenvalue weighted by atomic mass is 10.2. The molecular formula is C12H15NO5. The average molecular weight is 253 g/mol. The van der Waals surface area contributed by atoms with Crippen LogP contribution < -0.4 is 4.74 Å². The molecule has 0 bridgehead atoms. The van der Waals surface area contributed by atoms with E-state index in [4.69, 9.17) is 14.2 Å². The van der Waals surface area contributed by atoms with Crippen LogP contribution in [-0.2, 0) is 25.4 Å². The molecule has 2 rings (SSSR count). The van der Waals surface area contributed by atoms with Crippen molar-refractivity contribution in [1.29, 1.82) is 0 Å². The van der Waals surface area contributed by atoms with Crippen LogP contribution in [0.2, 0.25) is 0 Å². The van der Waals surface area contributed by atoms with E-state index in [2.05, 4.69) is 9.72 Å². The minimum Gasteiger partial charge on any atom is -0.481 e. The van der Waals surface area contributed by atoms with Crippen LogP contribution in [0.4, 0.5) is 0 Å². The molecule has 1 aromatic heterocycles. The van der Waals surface area contributed by atoms with Gasteiger partial charge in [-0.1, -0.05) is 0 Å². The number of carbonyl (C=O) groups is 1. The molecule has 1 saturated heterocycles. The van der Waals surface area contributed by atoms with Gasteiger partial charge in [0.25, 0.3) is 0 Å². The second-order valence-electron chi connectivity index (χ2n) is 3.73. The molecule has 1 fully saturated rings. The van der Waals surface area contributed by atoms with Crippen molar-refractivity contribution in [3.63, 3.8) is 0 Å². The first-order valence-electron chi connectivity index (χ1n) is 5.58. The van der Waals surface area contributed by atoms with E-state index in [1.54, 1.807) is 12.1 Å².